The van der Waals surface area contributed by atoms with Crippen molar-refractivity contribution in [2.75, 3.05) is 18.5 Å². The molecule has 0 radical (unpaired) electrons. The van der Waals surface area contributed by atoms with Crippen molar-refractivity contribution < 1.29 is 24.0 Å². The van der Waals surface area contributed by atoms with E-state index in [1.54, 1.807) is 36.1 Å². The number of nitro groups is 1. The summed E-state index contributed by atoms with van der Waals surface area (Å²) in [7, 11) is 0. The molecular formula is C30H30N4O6. The molecule has 3 aromatic rings. The summed E-state index contributed by atoms with van der Waals surface area (Å²) in [5.41, 5.74) is 2.33. The van der Waals surface area contributed by atoms with Crippen LogP contribution in [0.5, 0.6) is 0 Å². The SMILES string of the molecule is CCCCN1C(=O)NC(c2cccc(NC(=O)c3cccc([N+](=O)[O-])c3)c2)C(C(=O)OCC)=C1c1ccccc1. The Bertz CT molecular complexity index is 1450. The lowest BCUT2D eigenvalue weighted by atomic mass is 9.91. The number of amides is 3. The van der Waals surface area contributed by atoms with Gasteiger partial charge in [0.25, 0.3) is 11.6 Å². The molecule has 1 heterocycles. The first-order valence-corrected chi connectivity index (χ1v) is 13.0. The third-order valence-corrected chi connectivity index (χ3v) is 6.40. The van der Waals surface area contributed by atoms with E-state index in [9.17, 15) is 24.5 Å². The maximum Gasteiger partial charge on any atom is 0.338 e. The summed E-state index contributed by atoms with van der Waals surface area (Å²) in [6, 6.07) is 20.2. The monoisotopic (exact) mass is 542 g/mol. The Labute approximate surface area is 231 Å². The van der Waals surface area contributed by atoms with Crippen molar-refractivity contribution in [1.82, 2.24) is 10.2 Å². The van der Waals surface area contributed by atoms with Gasteiger partial charge in [0.05, 0.1) is 28.8 Å². The minimum Gasteiger partial charge on any atom is -0.463 e. The number of unbranched alkanes of at least 4 members (excludes halogenated alkanes) is 1. The summed E-state index contributed by atoms with van der Waals surface area (Å²) in [5, 5.41) is 16.8. The van der Waals surface area contributed by atoms with Crippen molar-refractivity contribution in [3.63, 3.8) is 0 Å². The van der Waals surface area contributed by atoms with Gasteiger partial charge in [0.2, 0.25) is 0 Å². The highest BCUT2D eigenvalue weighted by molar-refractivity contribution is 6.06. The Morgan fingerprint density at radius 3 is 2.48 bits per heavy atom. The maximum atomic E-state index is 13.4. The second-order valence-corrected chi connectivity index (χ2v) is 9.12. The lowest BCUT2D eigenvalue weighted by Crippen LogP contribution is -2.48. The Balaban J connectivity index is 1.77. The molecule has 3 amide bonds. The normalized spacial score (nSPS) is 14.9. The Morgan fingerprint density at radius 1 is 1.02 bits per heavy atom. The van der Waals surface area contributed by atoms with Crippen LogP contribution in [0.1, 0.15) is 54.2 Å². The minimum atomic E-state index is -0.853. The van der Waals surface area contributed by atoms with E-state index in [2.05, 4.69) is 10.6 Å². The molecule has 10 heteroatoms. The second kappa shape index (κ2) is 12.7. The molecule has 1 aliphatic rings. The molecule has 2 N–H and O–H groups in total. The average Bonchev–Trinajstić information content (AvgIpc) is 2.96. The number of carbonyl (C=O) groups is 3. The van der Waals surface area contributed by atoms with Crippen LogP contribution < -0.4 is 10.6 Å². The van der Waals surface area contributed by atoms with Crippen LogP contribution in [0.3, 0.4) is 0 Å². The van der Waals surface area contributed by atoms with Crippen LogP contribution in [0, 0.1) is 10.1 Å². The van der Waals surface area contributed by atoms with E-state index in [-0.39, 0.29) is 29.5 Å². The molecule has 0 aliphatic carbocycles. The molecule has 40 heavy (non-hydrogen) atoms. The van der Waals surface area contributed by atoms with Crippen LogP contribution in [0.2, 0.25) is 0 Å². The number of hydrogen-bond donors (Lipinski definition) is 2. The van der Waals surface area contributed by atoms with Gasteiger partial charge in [-0.15, -0.1) is 0 Å². The van der Waals surface area contributed by atoms with Crippen LogP contribution in [0.25, 0.3) is 5.70 Å². The molecule has 0 spiro atoms. The molecule has 10 nitrogen and oxygen atoms in total. The van der Waals surface area contributed by atoms with Gasteiger partial charge < -0.3 is 15.4 Å². The molecule has 0 saturated carbocycles. The first-order chi connectivity index (χ1) is 19.3. The molecule has 1 unspecified atom stereocenters. The van der Waals surface area contributed by atoms with Gasteiger partial charge in [-0.3, -0.25) is 19.8 Å². The summed E-state index contributed by atoms with van der Waals surface area (Å²) >= 11 is 0. The van der Waals surface area contributed by atoms with Crippen molar-refractivity contribution in [3.05, 3.63) is 111 Å². The average molecular weight is 543 g/mol. The molecule has 0 fully saturated rings. The van der Waals surface area contributed by atoms with Crippen LogP contribution in [-0.2, 0) is 9.53 Å². The molecule has 0 saturated heterocycles. The number of benzene rings is 3. The van der Waals surface area contributed by atoms with Gasteiger partial charge in [-0.25, -0.2) is 9.59 Å². The van der Waals surface area contributed by atoms with E-state index < -0.39 is 22.8 Å². The number of nitrogens with zero attached hydrogens (tertiary/aromatic N) is 2. The van der Waals surface area contributed by atoms with Crippen molar-refractivity contribution >= 4 is 35.0 Å². The van der Waals surface area contributed by atoms with E-state index in [0.717, 1.165) is 12.8 Å². The summed E-state index contributed by atoms with van der Waals surface area (Å²) < 4.78 is 5.46. The number of ether oxygens (including phenoxy) is 1. The highest BCUT2D eigenvalue weighted by Gasteiger charge is 2.38. The fraction of sp³-hybridized carbons (Fsp3) is 0.233. The predicted octanol–water partition coefficient (Wildman–Crippen LogP) is 5.69. The van der Waals surface area contributed by atoms with Gasteiger partial charge >= 0.3 is 12.0 Å². The summed E-state index contributed by atoms with van der Waals surface area (Å²) in [6.45, 7) is 4.31. The molecule has 0 aromatic heterocycles. The van der Waals surface area contributed by atoms with Crippen LogP contribution in [0.4, 0.5) is 16.2 Å². The zero-order chi connectivity index (χ0) is 28.6. The zero-order valence-electron chi connectivity index (χ0n) is 22.3. The number of nitro benzene ring substituents is 1. The largest absolute Gasteiger partial charge is 0.463 e. The molecule has 3 aromatic carbocycles. The predicted molar refractivity (Wildman–Crippen MR) is 150 cm³/mol. The van der Waals surface area contributed by atoms with Gasteiger partial charge in [-0.1, -0.05) is 61.9 Å². The molecule has 0 bridgehead atoms. The highest BCUT2D eigenvalue weighted by atomic mass is 16.6. The quantitative estimate of drug-likeness (QED) is 0.192. The second-order valence-electron chi connectivity index (χ2n) is 9.12. The molecule has 1 aliphatic heterocycles. The number of non-ortho nitro benzene ring substituents is 1. The van der Waals surface area contributed by atoms with Gasteiger partial charge in [0, 0.05) is 29.9 Å². The van der Waals surface area contributed by atoms with E-state index in [1.165, 1.54) is 24.3 Å². The maximum absolute atomic E-state index is 13.4. The van der Waals surface area contributed by atoms with Crippen molar-refractivity contribution in [2.24, 2.45) is 0 Å². The number of carbonyl (C=O) groups excluding carboxylic acids is 3. The van der Waals surface area contributed by atoms with Crippen molar-refractivity contribution in [2.45, 2.75) is 32.7 Å². The summed E-state index contributed by atoms with van der Waals surface area (Å²) in [6.07, 6.45) is 1.60. The first kappa shape index (κ1) is 28.0. The van der Waals surface area contributed by atoms with E-state index in [0.29, 0.717) is 29.1 Å². The van der Waals surface area contributed by atoms with E-state index >= 15 is 0 Å². The molecule has 206 valence electrons. The van der Waals surface area contributed by atoms with Crippen LogP contribution >= 0.6 is 0 Å². The lowest BCUT2D eigenvalue weighted by Gasteiger charge is -2.37. The fourth-order valence-electron chi connectivity index (χ4n) is 4.53. The van der Waals surface area contributed by atoms with Crippen molar-refractivity contribution in [3.8, 4) is 0 Å². The number of anilines is 1. The minimum absolute atomic E-state index is 0.121. The van der Waals surface area contributed by atoms with Gasteiger partial charge in [-0.2, -0.15) is 0 Å². The van der Waals surface area contributed by atoms with Gasteiger partial charge in [0.15, 0.2) is 0 Å². The summed E-state index contributed by atoms with van der Waals surface area (Å²) in [4.78, 5) is 51.9. The zero-order valence-corrected chi connectivity index (χ0v) is 22.3. The smallest absolute Gasteiger partial charge is 0.338 e. The van der Waals surface area contributed by atoms with Crippen molar-refractivity contribution in [1.29, 1.82) is 0 Å². The Morgan fingerprint density at radius 2 is 1.77 bits per heavy atom. The number of rotatable bonds is 10. The van der Waals surface area contributed by atoms with Crippen LogP contribution in [-0.4, -0.2) is 40.9 Å². The number of urea groups is 1. The molecule has 4 rings (SSSR count). The number of hydrogen-bond acceptors (Lipinski definition) is 6. The van der Waals surface area contributed by atoms with E-state index in [1.807, 2.05) is 37.3 Å². The Kier molecular flexibility index (Phi) is 8.90. The Hall–Kier alpha value is -4.99. The fourth-order valence-corrected chi connectivity index (χ4v) is 4.53. The molecule has 1 atom stereocenters. The number of esters is 1. The standard InChI is InChI=1S/C30H30N4O6/c1-3-5-17-33-27(20-11-7-6-8-12-20)25(29(36)40-4-2)26(32-30(33)37)21-13-9-15-23(18-21)31-28(35)22-14-10-16-24(19-22)34(38)39/h6-16,18-19,26H,3-5,17H2,1-2H3,(H,31,35)(H,32,37). The van der Waals surface area contributed by atoms with Gasteiger partial charge in [-0.05, 0) is 42.7 Å². The molecular weight excluding hydrogens is 512 g/mol. The third kappa shape index (κ3) is 6.17. The first-order valence-electron chi connectivity index (χ1n) is 13.0. The lowest BCUT2D eigenvalue weighted by molar-refractivity contribution is -0.384. The highest BCUT2D eigenvalue weighted by Crippen LogP contribution is 2.37. The number of nitrogens with one attached hydrogen (secondary N) is 2. The summed E-state index contributed by atoms with van der Waals surface area (Å²) in [5.74, 6) is -1.09. The van der Waals surface area contributed by atoms with E-state index in [4.69, 9.17) is 4.74 Å². The third-order valence-electron chi connectivity index (χ3n) is 6.40. The van der Waals surface area contributed by atoms with Crippen LogP contribution in [0.15, 0.2) is 84.4 Å². The van der Waals surface area contributed by atoms with Gasteiger partial charge in [0.1, 0.15) is 0 Å². The topological polar surface area (TPSA) is 131 Å².